The van der Waals surface area contributed by atoms with Crippen molar-refractivity contribution < 1.29 is 18.8 Å². The molecule has 0 aromatic carbocycles. The summed E-state index contributed by atoms with van der Waals surface area (Å²) in [5, 5.41) is 4.22. The van der Waals surface area contributed by atoms with Crippen LogP contribution in [0.3, 0.4) is 0 Å². The molecule has 0 unspecified atom stereocenters. The molecule has 0 amide bonds. The minimum atomic E-state index is -0.439. The first-order valence-electron chi connectivity index (χ1n) is 7.75. The summed E-state index contributed by atoms with van der Waals surface area (Å²) in [5.74, 6) is -0.423. The van der Waals surface area contributed by atoms with E-state index in [1.807, 2.05) is 39.8 Å². The largest absolute Gasteiger partial charge is 0.494 e. The Morgan fingerprint density at radius 3 is 2.52 bits per heavy atom. The maximum absolute atomic E-state index is 11.8. The van der Waals surface area contributed by atoms with Gasteiger partial charge in [0, 0.05) is 6.20 Å². The van der Waals surface area contributed by atoms with E-state index in [4.69, 9.17) is 14.0 Å². The molecule has 0 spiro atoms. The number of nitrogens with zero attached hydrogens (tertiary/aromatic N) is 2. The van der Waals surface area contributed by atoms with Gasteiger partial charge in [0.15, 0.2) is 5.69 Å². The SMILES string of the molecule is CCOC(=O)c1cc2cc(B3OC(C)(C)C(C)(C)O3)ccn2n1. The van der Waals surface area contributed by atoms with E-state index < -0.39 is 13.1 Å². The van der Waals surface area contributed by atoms with E-state index in [1.165, 1.54) is 0 Å². The van der Waals surface area contributed by atoms with Crippen molar-refractivity contribution in [3.05, 3.63) is 30.1 Å². The molecule has 122 valence electrons. The van der Waals surface area contributed by atoms with Gasteiger partial charge in [0.25, 0.3) is 0 Å². The van der Waals surface area contributed by atoms with E-state index >= 15 is 0 Å². The van der Waals surface area contributed by atoms with Crippen molar-refractivity contribution in [3.8, 4) is 0 Å². The van der Waals surface area contributed by atoms with E-state index in [0.717, 1.165) is 11.0 Å². The minimum Gasteiger partial charge on any atom is -0.461 e. The Hall–Kier alpha value is -1.86. The molecule has 7 heteroatoms. The van der Waals surface area contributed by atoms with Crippen LogP contribution in [0.5, 0.6) is 0 Å². The third-order valence-electron chi connectivity index (χ3n) is 4.50. The van der Waals surface area contributed by atoms with Crippen molar-refractivity contribution in [1.82, 2.24) is 9.61 Å². The number of fused-ring (bicyclic) bond motifs is 1. The van der Waals surface area contributed by atoms with Crippen LogP contribution in [-0.4, -0.2) is 40.5 Å². The molecule has 0 bridgehead atoms. The number of carbonyl (C=O) groups is 1. The molecule has 2 aromatic rings. The second kappa shape index (κ2) is 5.35. The topological polar surface area (TPSA) is 62.1 Å². The highest BCUT2D eigenvalue weighted by atomic mass is 16.7. The first kappa shape index (κ1) is 16.0. The number of ether oxygens (including phenoxy) is 1. The van der Waals surface area contributed by atoms with Crippen molar-refractivity contribution in [2.75, 3.05) is 6.61 Å². The molecule has 0 N–H and O–H groups in total. The van der Waals surface area contributed by atoms with Crippen LogP contribution < -0.4 is 5.46 Å². The zero-order valence-electron chi connectivity index (χ0n) is 14.1. The van der Waals surface area contributed by atoms with Gasteiger partial charge in [-0.25, -0.2) is 9.31 Å². The van der Waals surface area contributed by atoms with Gasteiger partial charge in [-0.15, -0.1) is 0 Å². The van der Waals surface area contributed by atoms with Crippen LogP contribution in [0.25, 0.3) is 5.52 Å². The Bertz CT molecular complexity index is 738. The number of aromatic nitrogens is 2. The summed E-state index contributed by atoms with van der Waals surface area (Å²) >= 11 is 0. The Morgan fingerprint density at radius 1 is 1.26 bits per heavy atom. The highest BCUT2D eigenvalue weighted by Gasteiger charge is 2.51. The van der Waals surface area contributed by atoms with Gasteiger partial charge in [-0.2, -0.15) is 5.10 Å². The fraction of sp³-hybridized carbons (Fsp3) is 0.500. The van der Waals surface area contributed by atoms with E-state index in [9.17, 15) is 4.79 Å². The first-order chi connectivity index (χ1) is 10.7. The second-order valence-corrected chi connectivity index (χ2v) is 6.67. The third-order valence-corrected chi connectivity index (χ3v) is 4.50. The summed E-state index contributed by atoms with van der Waals surface area (Å²) < 4.78 is 18.7. The molecule has 0 radical (unpaired) electrons. The van der Waals surface area contributed by atoms with Gasteiger partial charge in [-0.1, -0.05) is 0 Å². The van der Waals surface area contributed by atoms with Crippen molar-refractivity contribution in [2.24, 2.45) is 0 Å². The van der Waals surface area contributed by atoms with Crippen molar-refractivity contribution in [3.63, 3.8) is 0 Å². The van der Waals surface area contributed by atoms with E-state index in [1.54, 1.807) is 23.7 Å². The van der Waals surface area contributed by atoms with Crippen LogP contribution in [0.15, 0.2) is 24.4 Å². The predicted octanol–water partition coefficient (Wildman–Crippen LogP) is 1.81. The van der Waals surface area contributed by atoms with Crippen LogP contribution >= 0.6 is 0 Å². The molecule has 1 aliphatic rings. The van der Waals surface area contributed by atoms with Crippen LogP contribution in [0.2, 0.25) is 0 Å². The Labute approximate surface area is 135 Å². The summed E-state index contributed by atoms with van der Waals surface area (Å²) in [6.07, 6.45) is 1.79. The number of hydrogen-bond acceptors (Lipinski definition) is 5. The van der Waals surface area contributed by atoms with Crippen molar-refractivity contribution in [1.29, 1.82) is 0 Å². The first-order valence-corrected chi connectivity index (χ1v) is 7.75. The fourth-order valence-corrected chi connectivity index (χ4v) is 2.44. The van der Waals surface area contributed by atoms with Crippen LogP contribution in [0, 0.1) is 0 Å². The Kier molecular flexibility index (Phi) is 3.73. The summed E-state index contributed by atoms with van der Waals surface area (Å²) in [7, 11) is -0.439. The van der Waals surface area contributed by atoms with Gasteiger partial charge >= 0.3 is 13.1 Å². The smallest absolute Gasteiger partial charge is 0.461 e. The third kappa shape index (κ3) is 2.75. The quantitative estimate of drug-likeness (QED) is 0.638. The molecule has 23 heavy (non-hydrogen) atoms. The number of pyridine rings is 1. The van der Waals surface area contributed by atoms with E-state index in [0.29, 0.717) is 6.61 Å². The summed E-state index contributed by atoms with van der Waals surface area (Å²) in [4.78, 5) is 11.8. The Morgan fingerprint density at radius 2 is 1.91 bits per heavy atom. The number of carbonyl (C=O) groups excluding carboxylic acids is 1. The molecule has 3 rings (SSSR count). The fourth-order valence-electron chi connectivity index (χ4n) is 2.44. The molecular weight excluding hydrogens is 295 g/mol. The van der Waals surface area contributed by atoms with Gasteiger partial charge in [0.2, 0.25) is 0 Å². The minimum absolute atomic E-state index is 0.290. The van der Waals surface area contributed by atoms with Crippen LogP contribution in [0.4, 0.5) is 0 Å². The normalized spacial score (nSPS) is 19.3. The molecule has 0 aliphatic carbocycles. The molecule has 6 nitrogen and oxygen atoms in total. The number of hydrogen-bond donors (Lipinski definition) is 0. The molecule has 0 saturated carbocycles. The van der Waals surface area contributed by atoms with Gasteiger partial charge in [0.1, 0.15) is 0 Å². The van der Waals surface area contributed by atoms with Crippen molar-refractivity contribution >= 4 is 24.1 Å². The van der Waals surface area contributed by atoms with Gasteiger partial charge in [-0.05, 0) is 58.3 Å². The number of esters is 1. The van der Waals surface area contributed by atoms with Crippen LogP contribution in [-0.2, 0) is 14.0 Å². The maximum Gasteiger partial charge on any atom is 0.494 e. The zero-order valence-corrected chi connectivity index (χ0v) is 14.1. The molecule has 1 fully saturated rings. The van der Waals surface area contributed by atoms with Gasteiger partial charge in [0.05, 0.1) is 23.3 Å². The average Bonchev–Trinajstić information content (AvgIpc) is 2.97. The van der Waals surface area contributed by atoms with E-state index in [2.05, 4.69) is 5.10 Å². The monoisotopic (exact) mass is 316 g/mol. The lowest BCUT2D eigenvalue weighted by Gasteiger charge is -2.32. The molecule has 3 heterocycles. The summed E-state index contributed by atoms with van der Waals surface area (Å²) in [6, 6.07) is 5.50. The highest BCUT2D eigenvalue weighted by Crippen LogP contribution is 2.36. The standard InChI is InChI=1S/C16H21BN2O4/c1-6-21-14(20)13-10-12-9-11(7-8-19(12)18-13)17-22-15(2,3)16(4,5)23-17/h7-10H,6H2,1-5H3. The predicted molar refractivity (Wildman–Crippen MR) is 86.9 cm³/mol. The molecule has 1 saturated heterocycles. The zero-order chi connectivity index (χ0) is 16.8. The summed E-state index contributed by atoms with van der Waals surface area (Å²) in [6.45, 7) is 10.2. The number of rotatable bonds is 3. The van der Waals surface area contributed by atoms with Crippen LogP contribution in [0.1, 0.15) is 45.1 Å². The molecular formula is C16H21BN2O4. The molecule has 2 aromatic heterocycles. The lowest BCUT2D eigenvalue weighted by atomic mass is 9.79. The highest BCUT2D eigenvalue weighted by molar-refractivity contribution is 6.62. The maximum atomic E-state index is 11.8. The second-order valence-electron chi connectivity index (χ2n) is 6.67. The van der Waals surface area contributed by atoms with E-state index in [-0.39, 0.29) is 16.9 Å². The average molecular weight is 316 g/mol. The summed E-state index contributed by atoms with van der Waals surface area (Å²) in [5.41, 5.74) is 1.20. The lowest BCUT2D eigenvalue weighted by molar-refractivity contribution is 0.00578. The van der Waals surface area contributed by atoms with Gasteiger partial charge in [-0.3, -0.25) is 0 Å². The molecule has 0 atom stereocenters. The van der Waals surface area contributed by atoms with Crippen molar-refractivity contribution in [2.45, 2.75) is 45.8 Å². The Balaban J connectivity index is 1.91. The van der Waals surface area contributed by atoms with Gasteiger partial charge < -0.3 is 14.0 Å². The lowest BCUT2D eigenvalue weighted by Crippen LogP contribution is -2.41. The molecule has 1 aliphatic heterocycles.